The molecule has 2 amide bonds. The molecule has 4 rings (SSSR count). The lowest BCUT2D eigenvalue weighted by Gasteiger charge is -2.39. The third kappa shape index (κ3) is 2.64. The van der Waals surface area contributed by atoms with Crippen molar-refractivity contribution in [2.75, 3.05) is 19.1 Å². The molecule has 31 heavy (non-hydrogen) atoms. The number of fused-ring (bicyclic) bond motifs is 5. The van der Waals surface area contributed by atoms with Crippen molar-refractivity contribution in [2.45, 2.75) is 44.2 Å². The molecule has 2 unspecified atom stereocenters. The summed E-state index contributed by atoms with van der Waals surface area (Å²) in [6.45, 7) is 4.54. The van der Waals surface area contributed by atoms with Gasteiger partial charge in [0, 0.05) is 0 Å². The van der Waals surface area contributed by atoms with Gasteiger partial charge in [0.1, 0.15) is 5.92 Å². The highest BCUT2D eigenvalue weighted by molar-refractivity contribution is 6.23. The molecule has 3 fully saturated rings. The zero-order valence-electron chi connectivity index (χ0n) is 17.7. The van der Waals surface area contributed by atoms with Crippen LogP contribution in [0.4, 0.5) is 18.9 Å². The number of likely N-dealkylation sites (N-methyl/N-ethyl adjacent to an activating group) is 1. The van der Waals surface area contributed by atoms with Crippen molar-refractivity contribution in [2.24, 2.45) is 17.8 Å². The molecule has 0 saturated carbocycles. The van der Waals surface area contributed by atoms with Crippen LogP contribution in [0.1, 0.15) is 25.0 Å². The van der Waals surface area contributed by atoms with Gasteiger partial charge < -0.3 is 14.8 Å². The number of methoxy groups -OCH3 is 1. The number of nitrogens with one attached hydrogen (secondary N) is 1. The first kappa shape index (κ1) is 21.8. The van der Waals surface area contributed by atoms with Gasteiger partial charge in [0.2, 0.25) is 11.8 Å². The van der Waals surface area contributed by atoms with Gasteiger partial charge in [-0.2, -0.15) is 13.2 Å². The molecule has 2 bridgehead atoms. The molecule has 10 heteroatoms. The number of hydrogen-bond acceptors (Lipinski definition) is 6. The molecule has 3 aliphatic rings. The Kier molecular flexibility index (Phi) is 4.58. The molecule has 3 heterocycles. The molecule has 0 radical (unpaired) electrons. The zero-order chi connectivity index (χ0) is 23.1. The fourth-order valence-electron chi connectivity index (χ4n) is 5.86. The SMILES string of the molecule is CN[C@@H]1[C@@H](C(=O)OC)C2(C)OC1(C)[C@H]1C(=O)N(c3ccc(C)c(C(F)(F)F)c3)C(=O)[C@H]12. The van der Waals surface area contributed by atoms with E-state index in [0.29, 0.717) is 0 Å². The number of aryl methyl sites for hydroxylation is 1. The first-order valence-corrected chi connectivity index (χ1v) is 9.83. The zero-order valence-corrected chi connectivity index (χ0v) is 17.7. The summed E-state index contributed by atoms with van der Waals surface area (Å²) in [5, 5.41) is 3.01. The number of carbonyl (C=O) groups excluding carboxylic acids is 3. The predicted octanol–water partition coefficient (Wildman–Crippen LogP) is 2.06. The van der Waals surface area contributed by atoms with Gasteiger partial charge in [-0.25, -0.2) is 4.90 Å². The van der Waals surface area contributed by atoms with Crippen molar-refractivity contribution in [3.8, 4) is 0 Å². The van der Waals surface area contributed by atoms with Gasteiger partial charge in [-0.15, -0.1) is 0 Å². The lowest BCUT2D eigenvalue weighted by Crippen LogP contribution is -2.61. The van der Waals surface area contributed by atoms with Crippen molar-refractivity contribution in [3.63, 3.8) is 0 Å². The minimum Gasteiger partial charge on any atom is -0.469 e. The van der Waals surface area contributed by atoms with Crippen molar-refractivity contribution in [1.82, 2.24) is 5.32 Å². The fourth-order valence-corrected chi connectivity index (χ4v) is 5.86. The summed E-state index contributed by atoms with van der Waals surface area (Å²) < 4.78 is 51.3. The molecule has 0 spiro atoms. The van der Waals surface area contributed by atoms with Gasteiger partial charge in [0.15, 0.2) is 0 Å². The van der Waals surface area contributed by atoms with Gasteiger partial charge in [-0.1, -0.05) is 6.07 Å². The average Bonchev–Trinajstić information content (AvgIpc) is 3.19. The van der Waals surface area contributed by atoms with Gasteiger partial charge in [-0.3, -0.25) is 14.4 Å². The minimum atomic E-state index is -4.63. The summed E-state index contributed by atoms with van der Waals surface area (Å²) in [5.41, 5.74) is -3.64. The summed E-state index contributed by atoms with van der Waals surface area (Å²) in [5.74, 6) is -4.73. The number of carbonyl (C=O) groups is 3. The quantitative estimate of drug-likeness (QED) is 0.572. The summed E-state index contributed by atoms with van der Waals surface area (Å²) in [6, 6.07) is 2.75. The summed E-state index contributed by atoms with van der Waals surface area (Å²) in [7, 11) is 2.84. The van der Waals surface area contributed by atoms with Crippen LogP contribution < -0.4 is 10.2 Å². The number of hydrogen-bond donors (Lipinski definition) is 1. The molecule has 1 aromatic carbocycles. The first-order valence-electron chi connectivity index (χ1n) is 9.83. The van der Waals surface area contributed by atoms with Crippen LogP contribution in [0.25, 0.3) is 0 Å². The summed E-state index contributed by atoms with van der Waals surface area (Å²) >= 11 is 0. The van der Waals surface area contributed by atoms with Gasteiger partial charge in [0.05, 0.1) is 47.4 Å². The van der Waals surface area contributed by atoms with Gasteiger partial charge >= 0.3 is 12.1 Å². The molecule has 7 nitrogen and oxygen atoms in total. The molecular weight excluding hydrogens is 417 g/mol. The van der Waals surface area contributed by atoms with Crippen molar-refractivity contribution >= 4 is 23.5 Å². The number of rotatable bonds is 3. The van der Waals surface area contributed by atoms with Crippen LogP contribution in [0.2, 0.25) is 0 Å². The van der Waals surface area contributed by atoms with E-state index >= 15 is 0 Å². The van der Waals surface area contributed by atoms with E-state index in [-0.39, 0.29) is 11.3 Å². The highest BCUT2D eigenvalue weighted by atomic mass is 19.4. The largest absolute Gasteiger partial charge is 0.469 e. The maximum Gasteiger partial charge on any atom is 0.416 e. The molecule has 0 aromatic heterocycles. The van der Waals surface area contributed by atoms with Crippen LogP contribution in [0, 0.1) is 24.7 Å². The number of nitrogens with zero attached hydrogens (tertiary/aromatic N) is 1. The highest BCUT2D eigenvalue weighted by Gasteiger charge is 2.80. The van der Waals surface area contributed by atoms with E-state index in [9.17, 15) is 27.6 Å². The monoisotopic (exact) mass is 440 g/mol. The average molecular weight is 440 g/mol. The fraction of sp³-hybridized carbons (Fsp3) is 0.571. The lowest BCUT2D eigenvalue weighted by atomic mass is 9.61. The second-order valence-electron chi connectivity index (χ2n) is 8.70. The summed E-state index contributed by atoms with van der Waals surface area (Å²) in [6.07, 6.45) is -4.63. The lowest BCUT2D eigenvalue weighted by molar-refractivity contribution is -0.154. The molecule has 0 aliphatic carbocycles. The molecule has 6 atom stereocenters. The van der Waals surface area contributed by atoms with Crippen molar-refractivity contribution in [3.05, 3.63) is 29.3 Å². The number of ether oxygens (including phenoxy) is 2. The maximum absolute atomic E-state index is 13.4. The normalized spacial score (nSPS) is 36.8. The third-order valence-corrected chi connectivity index (χ3v) is 7.10. The van der Waals surface area contributed by atoms with Crippen LogP contribution in [-0.2, 0) is 30.0 Å². The number of esters is 1. The predicted molar refractivity (Wildman–Crippen MR) is 102 cm³/mol. The Hall–Kier alpha value is -2.46. The molecule has 3 aliphatic heterocycles. The third-order valence-electron chi connectivity index (χ3n) is 7.10. The van der Waals surface area contributed by atoms with E-state index in [0.717, 1.165) is 11.0 Å². The summed E-state index contributed by atoms with van der Waals surface area (Å²) in [4.78, 5) is 40.2. The van der Waals surface area contributed by atoms with Crippen LogP contribution in [-0.4, -0.2) is 49.2 Å². The van der Waals surface area contributed by atoms with Crippen molar-refractivity contribution in [1.29, 1.82) is 0 Å². The Morgan fingerprint density at radius 2 is 1.74 bits per heavy atom. The second kappa shape index (κ2) is 6.52. The van der Waals surface area contributed by atoms with Crippen LogP contribution >= 0.6 is 0 Å². The van der Waals surface area contributed by atoms with E-state index in [1.807, 2.05) is 0 Å². The van der Waals surface area contributed by atoms with Gasteiger partial charge in [0.25, 0.3) is 0 Å². The van der Waals surface area contributed by atoms with Crippen LogP contribution in [0.15, 0.2) is 18.2 Å². The number of imide groups is 1. The number of halogens is 3. The van der Waals surface area contributed by atoms with Crippen molar-refractivity contribution < 1.29 is 37.0 Å². The smallest absolute Gasteiger partial charge is 0.416 e. The molecule has 168 valence electrons. The Morgan fingerprint density at radius 3 is 2.26 bits per heavy atom. The molecule has 3 saturated heterocycles. The van der Waals surface area contributed by atoms with E-state index in [1.165, 1.54) is 26.2 Å². The number of benzene rings is 1. The van der Waals surface area contributed by atoms with Crippen LogP contribution in [0.3, 0.4) is 0 Å². The van der Waals surface area contributed by atoms with Gasteiger partial charge in [-0.05, 0) is 45.5 Å². The number of anilines is 1. The Morgan fingerprint density at radius 1 is 1.16 bits per heavy atom. The number of alkyl halides is 3. The van der Waals surface area contributed by atoms with E-state index in [1.54, 1.807) is 20.9 Å². The standard InChI is InChI=1S/C21H23F3N2O5/c1-9-6-7-10(8-11(9)21(22,23)24)26-16(27)12-13(17(26)28)20(3)15(25-4)14(18(29)30-5)19(12,2)31-20/h6-8,12-15,25H,1-5H3/t12-,13+,14-,15+,19?,20?/m0/s1. The van der Waals surface area contributed by atoms with E-state index < -0.39 is 64.5 Å². The Labute approximate surface area is 176 Å². The Bertz CT molecular complexity index is 996. The Balaban J connectivity index is 1.82. The second-order valence-corrected chi connectivity index (χ2v) is 8.70. The molecule has 1 aromatic rings. The van der Waals surface area contributed by atoms with E-state index in [4.69, 9.17) is 9.47 Å². The van der Waals surface area contributed by atoms with Crippen LogP contribution in [0.5, 0.6) is 0 Å². The maximum atomic E-state index is 13.4. The topological polar surface area (TPSA) is 84.9 Å². The first-order chi connectivity index (χ1) is 14.3. The molecular formula is C21H23F3N2O5. The highest BCUT2D eigenvalue weighted by Crippen LogP contribution is 2.63. The number of amides is 2. The molecule has 1 N–H and O–H groups in total. The minimum absolute atomic E-state index is 0.0149. The van der Waals surface area contributed by atoms with E-state index in [2.05, 4.69) is 5.32 Å².